The molecule has 0 heterocycles. The lowest BCUT2D eigenvalue weighted by molar-refractivity contribution is 1.53. The molecule has 0 amide bonds. The summed E-state index contributed by atoms with van der Waals surface area (Å²) in [6.07, 6.45) is 0. The molecule has 0 N–H and O–H groups in total. The maximum absolute atomic E-state index is 3.67. The number of hydrogen-bond acceptors (Lipinski definition) is 0. The maximum atomic E-state index is 3.67. The molecule has 0 aliphatic carbocycles. The first-order chi connectivity index (χ1) is 22.4. The molecule has 0 bridgehead atoms. The molecule has 0 atom stereocenters. The van der Waals surface area contributed by atoms with Crippen molar-refractivity contribution in [3.63, 3.8) is 0 Å². The van der Waals surface area contributed by atoms with Crippen LogP contribution in [0.15, 0.2) is 176 Å². The monoisotopic (exact) mass is 846 g/mol. The molecule has 0 spiro atoms. The van der Waals surface area contributed by atoms with Gasteiger partial charge < -0.3 is 0 Å². The van der Waals surface area contributed by atoms with Gasteiger partial charge in [0.15, 0.2) is 0 Å². The van der Waals surface area contributed by atoms with E-state index in [1.807, 2.05) is 0 Å². The summed E-state index contributed by atoms with van der Waals surface area (Å²) in [4.78, 5) is 0. The SMILES string of the molecule is Brc1cccc(-c2cc(-c3cccc(Br)c3)cc(-c3cccc(-c4cc(-c5cccc(Br)c5)cc(-c5cccc(Br)c5)c4)c3)c2)c1. The van der Waals surface area contributed by atoms with E-state index in [1.54, 1.807) is 0 Å². The molecule has 7 aromatic rings. The Kier molecular flexibility index (Phi) is 9.24. The summed E-state index contributed by atoms with van der Waals surface area (Å²) in [7, 11) is 0. The van der Waals surface area contributed by atoms with Gasteiger partial charge in [0.2, 0.25) is 0 Å². The van der Waals surface area contributed by atoms with Crippen molar-refractivity contribution in [3.05, 3.63) is 176 Å². The molecular weight excluding hydrogens is 824 g/mol. The van der Waals surface area contributed by atoms with Crippen LogP contribution in [0.1, 0.15) is 0 Å². The van der Waals surface area contributed by atoms with Gasteiger partial charge >= 0.3 is 0 Å². The molecule has 0 nitrogen and oxygen atoms in total. The zero-order valence-corrected chi connectivity index (χ0v) is 30.9. The minimum absolute atomic E-state index is 1.06. The Morgan fingerprint density at radius 2 is 0.370 bits per heavy atom. The summed E-state index contributed by atoms with van der Waals surface area (Å²) in [5.41, 5.74) is 14.1. The first-order valence-electron chi connectivity index (χ1n) is 14.8. The quantitative estimate of drug-likeness (QED) is 0.156. The maximum Gasteiger partial charge on any atom is 0.0181 e. The zero-order chi connectivity index (χ0) is 31.6. The first kappa shape index (κ1) is 31.1. The second-order valence-electron chi connectivity index (χ2n) is 11.2. The van der Waals surface area contributed by atoms with Crippen LogP contribution in [0.4, 0.5) is 0 Å². The fourth-order valence-corrected chi connectivity index (χ4v) is 7.40. The average Bonchev–Trinajstić information content (AvgIpc) is 3.08. The lowest BCUT2D eigenvalue weighted by atomic mass is 9.90. The van der Waals surface area contributed by atoms with Gasteiger partial charge in [-0.3, -0.25) is 0 Å². The summed E-state index contributed by atoms with van der Waals surface area (Å²) in [5, 5.41) is 0. The topological polar surface area (TPSA) is 0 Å². The van der Waals surface area contributed by atoms with Crippen molar-refractivity contribution in [2.75, 3.05) is 0 Å². The summed E-state index contributed by atoms with van der Waals surface area (Å²) >= 11 is 14.7. The van der Waals surface area contributed by atoms with Crippen LogP contribution in [0, 0.1) is 0 Å². The molecule has 7 rings (SSSR count). The fraction of sp³-hybridized carbons (Fsp3) is 0. The molecule has 0 aliphatic heterocycles. The predicted molar refractivity (Wildman–Crippen MR) is 210 cm³/mol. The van der Waals surface area contributed by atoms with Gasteiger partial charge in [0.25, 0.3) is 0 Å². The van der Waals surface area contributed by atoms with Crippen molar-refractivity contribution in [1.29, 1.82) is 0 Å². The molecule has 0 saturated carbocycles. The highest BCUT2D eigenvalue weighted by atomic mass is 79.9. The number of benzene rings is 7. The van der Waals surface area contributed by atoms with E-state index in [0.29, 0.717) is 0 Å². The van der Waals surface area contributed by atoms with Crippen molar-refractivity contribution >= 4 is 63.7 Å². The van der Waals surface area contributed by atoms with E-state index in [0.717, 1.165) is 17.9 Å². The molecule has 0 saturated heterocycles. The first-order valence-corrected chi connectivity index (χ1v) is 18.0. The summed E-state index contributed by atoms with van der Waals surface area (Å²) in [6, 6.07) is 56.7. The predicted octanol–water partition coefficient (Wildman–Crippen LogP) is 14.7. The molecule has 0 fully saturated rings. The summed E-state index contributed by atoms with van der Waals surface area (Å²) < 4.78 is 4.25. The zero-order valence-electron chi connectivity index (χ0n) is 24.5. The summed E-state index contributed by atoms with van der Waals surface area (Å²) in [5.74, 6) is 0. The van der Waals surface area contributed by atoms with Crippen molar-refractivity contribution in [2.24, 2.45) is 0 Å². The van der Waals surface area contributed by atoms with Gasteiger partial charge in [-0.05, 0) is 158 Å². The Morgan fingerprint density at radius 1 is 0.196 bits per heavy atom. The Labute approximate surface area is 303 Å². The highest BCUT2D eigenvalue weighted by Gasteiger charge is 2.12. The number of halogens is 4. The van der Waals surface area contributed by atoms with Gasteiger partial charge in [-0.15, -0.1) is 0 Å². The lowest BCUT2D eigenvalue weighted by Crippen LogP contribution is -1.89. The second kappa shape index (κ2) is 13.7. The van der Waals surface area contributed by atoms with Crippen LogP contribution in [0.2, 0.25) is 0 Å². The van der Waals surface area contributed by atoms with E-state index >= 15 is 0 Å². The van der Waals surface area contributed by atoms with Gasteiger partial charge in [0, 0.05) is 17.9 Å². The molecule has 0 radical (unpaired) electrons. The van der Waals surface area contributed by atoms with Gasteiger partial charge in [0.1, 0.15) is 0 Å². The standard InChI is InChI=1S/C42H26Br4/c43-39-12-2-8-29(23-39)35-17-33(18-36(21-35)30-9-3-13-40(44)24-30)27-6-1-7-28(16-27)34-19-37(31-10-4-14-41(45)25-31)22-38(20-34)32-11-5-15-42(46)26-32/h1-26H. The fourth-order valence-electron chi connectivity index (χ4n) is 5.81. The van der Waals surface area contributed by atoms with Crippen LogP contribution in [-0.4, -0.2) is 0 Å². The highest BCUT2D eigenvalue weighted by Crippen LogP contribution is 2.38. The van der Waals surface area contributed by atoms with Gasteiger partial charge in [0.05, 0.1) is 0 Å². The Hall–Kier alpha value is -3.54. The van der Waals surface area contributed by atoms with Crippen molar-refractivity contribution < 1.29 is 0 Å². The van der Waals surface area contributed by atoms with Crippen LogP contribution in [0.3, 0.4) is 0 Å². The van der Waals surface area contributed by atoms with Crippen LogP contribution in [0.25, 0.3) is 66.8 Å². The minimum Gasteiger partial charge on any atom is -0.0610 e. The second-order valence-corrected chi connectivity index (χ2v) is 14.9. The van der Waals surface area contributed by atoms with Crippen molar-refractivity contribution in [2.45, 2.75) is 0 Å². The smallest absolute Gasteiger partial charge is 0.0181 e. The molecule has 0 aromatic heterocycles. The molecule has 222 valence electrons. The molecule has 46 heavy (non-hydrogen) atoms. The highest BCUT2D eigenvalue weighted by molar-refractivity contribution is 9.11. The average molecular weight is 850 g/mol. The Morgan fingerprint density at radius 3 is 0.587 bits per heavy atom. The van der Waals surface area contributed by atoms with Crippen LogP contribution in [0.5, 0.6) is 0 Å². The van der Waals surface area contributed by atoms with E-state index in [2.05, 4.69) is 221 Å². The van der Waals surface area contributed by atoms with Crippen LogP contribution < -0.4 is 0 Å². The lowest BCUT2D eigenvalue weighted by Gasteiger charge is -2.14. The third kappa shape index (κ3) is 7.06. The normalized spacial score (nSPS) is 11.0. The molecular formula is C42H26Br4. The molecule has 7 aromatic carbocycles. The van der Waals surface area contributed by atoms with Crippen LogP contribution >= 0.6 is 63.7 Å². The third-order valence-corrected chi connectivity index (χ3v) is 10.0. The van der Waals surface area contributed by atoms with E-state index < -0.39 is 0 Å². The molecule has 4 heteroatoms. The Balaban J connectivity index is 1.39. The van der Waals surface area contributed by atoms with E-state index in [1.165, 1.54) is 66.8 Å². The van der Waals surface area contributed by atoms with Crippen LogP contribution in [-0.2, 0) is 0 Å². The summed E-state index contributed by atoms with van der Waals surface area (Å²) in [6.45, 7) is 0. The number of hydrogen-bond donors (Lipinski definition) is 0. The van der Waals surface area contributed by atoms with E-state index in [9.17, 15) is 0 Å². The van der Waals surface area contributed by atoms with E-state index in [4.69, 9.17) is 0 Å². The number of rotatable bonds is 6. The van der Waals surface area contributed by atoms with Gasteiger partial charge in [-0.2, -0.15) is 0 Å². The van der Waals surface area contributed by atoms with Crippen molar-refractivity contribution in [3.8, 4) is 66.8 Å². The van der Waals surface area contributed by atoms with Crippen molar-refractivity contribution in [1.82, 2.24) is 0 Å². The van der Waals surface area contributed by atoms with Gasteiger partial charge in [-0.1, -0.05) is 130 Å². The van der Waals surface area contributed by atoms with E-state index in [-0.39, 0.29) is 0 Å². The largest absolute Gasteiger partial charge is 0.0610 e. The van der Waals surface area contributed by atoms with Gasteiger partial charge in [-0.25, -0.2) is 0 Å². The third-order valence-electron chi connectivity index (χ3n) is 8.03. The minimum atomic E-state index is 1.06. The Bertz CT molecular complexity index is 1930. The molecule has 0 unspecified atom stereocenters. The molecule has 0 aliphatic rings.